The Kier molecular flexibility index (Phi) is 6.74. The summed E-state index contributed by atoms with van der Waals surface area (Å²) in [4.78, 5) is 12.4. The number of carbonyl (C=O) groups is 1. The molecular weight excluding hydrogens is 398 g/mol. The molecule has 2 aromatic heterocycles. The molecule has 1 fully saturated rings. The number of rotatable bonds is 8. The van der Waals surface area contributed by atoms with Crippen LogP contribution in [0.4, 0.5) is 11.4 Å². The summed E-state index contributed by atoms with van der Waals surface area (Å²) in [6.07, 6.45) is 8.04. The van der Waals surface area contributed by atoms with Crippen molar-refractivity contribution in [2.45, 2.75) is 56.8 Å². The monoisotopic (exact) mass is 425 g/mol. The van der Waals surface area contributed by atoms with E-state index in [0.717, 1.165) is 11.4 Å². The second-order valence-electron chi connectivity index (χ2n) is 7.42. The number of nitrogens with one attached hydrogen (secondary N) is 2. The number of hydrogen-bond acceptors (Lipinski definition) is 6. The van der Waals surface area contributed by atoms with Crippen LogP contribution in [-0.4, -0.2) is 32.5 Å². The van der Waals surface area contributed by atoms with Crippen LogP contribution in [-0.2, 0) is 11.3 Å². The molecule has 1 aliphatic rings. The van der Waals surface area contributed by atoms with E-state index in [4.69, 9.17) is 4.42 Å². The third kappa shape index (κ3) is 5.05. The van der Waals surface area contributed by atoms with Crippen molar-refractivity contribution in [3.8, 4) is 11.6 Å². The van der Waals surface area contributed by atoms with Gasteiger partial charge in [-0.05, 0) is 56.2 Å². The first-order valence-electron chi connectivity index (χ1n) is 10.5. The van der Waals surface area contributed by atoms with Crippen molar-refractivity contribution in [3.05, 3.63) is 42.7 Å². The number of anilines is 2. The molecule has 0 unspecified atom stereocenters. The Balaban J connectivity index is 1.30. The topological polar surface area (TPSA) is 85.0 Å². The standard InChI is InChI=1S/C22H27N5O2S/c1-2-27-21(19-9-6-14-29-19)25-26-22(27)30-15-20(28)24-18-12-10-17(11-13-18)23-16-7-4-3-5-8-16/h6,9-14,16,23H,2-5,7-8,15H2,1H3,(H,24,28). The highest BCUT2D eigenvalue weighted by Crippen LogP contribution is 2.25. The number of carbonyl (C=O) groups excluding carboxylic acids is 1. The van der Waals surface area contributed by atoms with Crippen molar-refractivity contribution in [1.82, 2.24) is 14.8 Å². The number of amides is 1. The number of furan rings is 1. The van der Waals surface area contributed by atoms with Crippen LogP contribution in [0.1, 0.15) is 39.0 Å². The maximum Gasteiger partial charge on any atom is 0.234 e. The molecular formula is C22H27N5O2S. The second kappa shape index (κ2) is 9.84. The molecule has 1 saturated carbocycles. The minimum Gasteiger partial charge on any atom is -0.461 e. The number of benzene rings is 1. The van der Waals surface area contributed by atoms with Gasteiger partial charge in [0, 0.05) is 24.0 Å². The zero-order valence-electron chi connectivity index (χ0n) is 17.1. The van der Waals surface area contributed by atoms with Crippen LogP contribution < -0.4 is 10.6 Å². The number of hydrogen-bond donors (Lipinski definition) is 2. The third-order valence-electron chi connectivity index (χ3n) is 5.25. The first kappa shape index (κ1) is 20.5. The lowest BCUT2D eigenvalue weighted by molar-refractivity contribution is -0.113. The number of nitrogens with zero attached hydrogens (tertiary/aromatic N) is 3. The molecule has 1 aromatic carbocycles. The Bertz CT molecular complexity index is 947. The lowest BCUT2D eigenvalue weighted by atomic mass is 9.95. The van der Waals surface area contributed by atoms with Gasteiger partial charge in [-0.1, -0.05) is 31.0 Å². The van der Waals surface area contributed by atoms with Gasteiger partial charge < -0.3 is 15.1 Å². The van der Waals surface area contributed by atoms with E-state index in [9.17, 15) is 4.79 Å². The lowest BCUT2D eigenvalue weighted by Crippen LogP contribution is -2.22. The van der Waals surface area contributed by atoms with E-state index in [-0.39, 0.29) is 11.7 Å². The zero-order valence-corrected chi connectivity index (χ0v) is 18.0. The number of aromatic nitrogens is 3. The summed E-state index contributed by atoms with van der Waals surface area (Å²) in [7, 11) is 0. The van der Waals surface area contributed by atoms with Gasteiger partial charge in [-0.2, -0.15) is 0 Å². The Morgan fingerprint density at radius 1 is 1.13 bits per heavy atom. The highest BCUT2D eigenvalue weighted by molar-refractivity contribution is 7.99. The van der Waals surface area contributed by atoms with Gasteiger partial charge in [0.05, 0.1) is 12.0 Å². The van der Waals surface area contributed by atoms with Crippen molar-refractivity contribution in [3.63, 3.8) is 0 Å². The maximum atomic E-state index is 12.4. The summed E-state index contributed by atoms with van der Waals surface area (Å²) in [6, 6.07) is 12.2. The molecule has 30 heavy (non-hydrogen) atoms. The average Bonchev–Trinajstić information content (AvgIpc) is 3.44. The van der Waals surface area contributed by atoms with E-state index in [2.05, 4.69) is 20.8 Å². The zero-order chi connectivity index (χ0) is 20.8. The van der Waals surface area contributed by atoms with Gasteiger partial charge in [0.2, 0.25) is 5.91 Å². The summed E-state index contributed by atoms with van der Waals surface area (Å²) in [5, 5.41) is 15.7. The molecule has 3 aromatic rings. The van der Waals surface area contributed by atoms with Gasteiger partial charge in [0.25, 0.3) is 0 Å². The van der Waals surface area contributed by atoms with Crippen molar-refractivity contribution < 1.29 is 9.21 Å². The van der Waals surface area contributed by atoms with Gasteiger partial charge >= 0.3 is 0 Å². The normalized spacial score (nSPS) is 14.6. The molecule has 0 spiro atoms. The van der Waals surface area contributed by atoms with Gasteiger partial charge in [-0.3, -0.25) is 9.36 Å². The molecule has 0 bridgehead atoms. The summed E-state index contributed by atoms with van der Waals surface area (Å²) >= 11 is 1.37. The largest absolute Gasteiger partial charge is 0.461 e. The fourth-order valence-corrected chi connectivity index (χ4v) is 4.53. The van der Waals surface area contributed by atoms with Crippen LogP contribution in [0, 0.1) is 0 Å². The lowest BCUT2D eigenvalue weighted by Gasteiger charge is -2.23. The number of thioether (sulfide) groups is 1. The Morgan fingerprint density at radius 3 is 2.60 bits per heavy atom. The van der Waals surface area contributed by atoms with E-state index < -0.39 is 0 Å². The predicted octanol–water partition coefficient (Wildman–Crippen LogP) is 5.03. The van der Waals surface area contributed by atoms with Crippen LogP contribution in [0.25, 0.3) is 11.6 Å². The highest BCUT2D eigenvalue weighted by atomic mass is 32.2. The van der Waals surface area contributed by atoms with Crippen molar-refractivity contribution in [1.29, 1.82) is 0 Å². The van der Waals surface area contributed by atoms with Gasteiger partial charge in [0.15, 0.2) is 16.7 Å². The molecule has 0 saturated heterocycles. The first-order valence-corrected chi connectivity index (χ1v) is 11.5. The van der Waals surface area contributed by atoms with Gasteiger partial charge in [-0.15, -0.1) is 10.2 Å². The van der Waals surface area contributed by atoms with E-state index in [1.54, 1.807) is 6.26 Å². The van der Waals surface area contributed by atoms with Crippen molar-refractivity contribution >= 4 is 29.0 Å². The maximum absolute atomic E-state index is 12.4. The van der Waals surface area contributed by atoms with Crippen LogP contribution in [0.2, 0.25) is 0 Å². The summed E-state index contributed by atoms with van der Waals surface area (Å²) < 4.78 is 7.37. The first-order chi connectivity index (χ1) is 14.7. The minimum atomic E-state index is -0.0711. The van der Waals surface area contributed by atoms with Crippen LogP contribution in [0.5, 0.6) is 0 Å². The molecule has 0 atom stereocenters. The molecule has 7 nitrogen and oxygen atoms in total. The Hall–Kier alpha value is -2.74. The highest BCUT2D eigenvalue weighted by Gasteiger charge is 2.16. The fraction of sp³-hybridized carbons (Fsp3) is 0.409. The van der Waals surface area contributed by atoms with Crippen molar-refractivity contribution in [2.75, 3.05) is 16.4 Å². The summed E-state index contributed by atoms with van der Waals surface area (Å²) in [5.74, 6) is 1.53. The SMILES string of the molecule is CCn1c(SCC(=O)Nc2ccc(NC3CCCCC3)cc2)nnc1-c1ccco1. The second-order valence-corrected chi connectivity index (χ2v) is 8.36. The van der Waals surface area contributed by atoms with Crippen molar-refractivity contribution in [2.24, 2.45) is 0 Å². The molecule has 158 valence electrons. The quantitative estimate of drug-likeness (QED) is 0.492. The van der Waals surface area contributed by atoms with E-state index in [1.165, 1.54) is 43.9 Å². The van der Waals surface area contributed by atoms with Gasteiger partial charge in [0.1, 0.15) is 0 Å². The van der Waals surface area contributed by atoms with E-state index in [1.807, 2.05) is 47.9 Å². The van der Waals surface area contributed by atoms with E-state index in [0.29, 0.717) is 29.3 Å². The summed E-state index contributed by atoms with van der Waals surface area (Å²) in [6.45, 7) is 2.71. The van der Waals surface area contributed by atoms with Gasteiger partial charge in [-0.25, -0.2) is 0 Å². The fourth-order valence-electron chi connectivity index (χ4n) is 3.73. The summed E-state index contributed by atoms with van der Waals surface area (Å²) in [5.41, 5.74) is 1.90. The van der Waals surface area contributed by atoms with Crippen LogP contribution >= 0.6 is 11.8 Å². The molecule has 2 N–H and O–H groups in total. The average molecular weight is 426 g/mol. The molecule has 2 heterocycles. The van der Waals surface area contributed by atoms with E-state index >= 15 is 0 Å². The Morgan fingerprint density at radius 2 is 1.90 bits per heavy atom. The molecule has 1 aliphatic carbocycles. The molecule has 4 rings (SSSR count). The smallest absolute Gasteiger partial charge is 0.234 e. The predicted molar refractivity (Wildman–Crippen MR) is 120 cm³/mol. The molecule has 0 aliphatic heterocycles. The molecule has 8 heteroatoms. The minimum absolute atomic E-state index is 0.0711. The molecule has 1 amide bonds. The van der Waals surface area contributed by atoms with Crippen LogP contribution in [0.3, 0.4) is 0 Å². The molecule has 0 radical (unpaired) electrons. The third-order valence-corrected chi connectivity index (χ3v) is 6.22. The van der Waals surface area contributed by atoms with Crippen LogP contribution in [0.15, 0.2) is 52.2 Å². The Labute approximate surface area is 180 Å².